The quantitative estimate of drug-likeness (QED) is 0.0595. The van der Waals surface area contributed by atoms with E-state index in [1.807, 2.05) is 0 Å². The van der Waals surface area contributed by atoms with E-state index in [2.05, 4.69) is 38.0 Å². The molecule has 1 nitrogen and oxygen atoms in total. The van der Waals surface area contributed by atoms with Crippen molar-refractivity contribution in [1.29, 1.82) is 0 Å². The van der Waals surface area contributed by atoms with Gasteiger partial charge in [-0.15, -0.1) is 0 Å². The van der Waals surface area contributed by atoms with E-state index >= 15 is 0 Å². The second-order valence-corrected chi connectivity index (χ2v) is 14.4. The van der Waals surface area contributed by atoms with Gasteiger partial charge >= 0.3 is 0 Å². The standard InChI is InChI=1S/C36H75NSi/c1-5-7-9-11-13-15-17-19-21-23-25-27-29-31-33-37(38-35-36(3)4)34-32-30-28-26-24-22-20-18-16-14-12-10-8-6-2/h35H,5-34,38H2,1-4H3. The molecule has 0 aromatic rings. The maximum Gasteiger partial charge on any atom is 0.119 e. The van der Waals surface area contributed by atoms with E-state index in [1.165, 1.54) is 198 Å². The van der Waals surface area contributed by atoms with Crippen LogP contribution in [-0.2, 0) is 0 Å². The molecule has 2 heteroatoms. The molecule has 0 aliphatic rings. The lowest BCUT2D eigenvalue weighted by atomic mass is 10.0. The Morgan fingerprint density at radius 1 is 0.395 bits per heavy atom. The van der Waals surface area contributed by atoms with Crippen molar-refractivity contribution in [2.75, 3.05) is 13.1 Å². The van der Waals surface area contributed by atoms with E-state index in [4.69, 9.17) is 0 Å². The summed E-state index contributed by atoms with van der Waals surface area (Å²) in [5.74, 6) is 0. The maximum absolute atomic E-state index is 2.87. The molecule has 0 amide bonds. The molecule has 0 N–H and O–H groups in total. The molecule has 0 unspecified atom stereocenters. The van der Waals surface area contributed by atoms with Crippen LogP contribution in [0.2, 0.25) is 0 Å². The third kappa shape index (κ3) is 32.1. The van der Waals surface area contributed by atoms with Gasteiger partial charge in [0, 0.05) is 0 Å². The number of hydrogen-bond acceptors (Lipinski definition) is 1. The van der Waals surface area contributed by atoms with Crippen LogP contribution < -0.4 is 0 Å². The van der Waals surface area contributed by atoms with Gasteiger partial charge in [-0.05, 0) is 39.8 Å². The highest BCUT2D eigenvalue weighted by atomic mass is 28.2. The van der Waals surface area contributed by atoms with Crippen LogP contribution in [0.5, 0.6) is 0 Å². The zero-order valence-electron chi connectivity index (χ0n) is 27.4. The number of allylic oxidation sites excluding steroid dienone is 1. The number of hydrogen-bond donors (Lipinski definition) is 0. The molecular formula is C36H75NSi. The van der Waals surface area contributed by atoms with Gasteiger partial charge < -0.3 is 4.57 Å². The molecule has 0 aliphatic carbocycles. The average Bonchev–Trinajstić information content (AvgIpc) is 2.91. The van der Waals surface area contributed by atoms with Crippen LogP contribution in [0.1, 0.15) is 207 Å². The molecule has 0 bridgehead atoms. The first-order chi connectivity index (χ1) is 18.7. The van der Waals surface area contributed by atoms with Crippen molar-refractivity contribution < 1.29 is 0 Å². The Morgan fingerprint density at radius 2 is 0.632 bits per heavy atom. The highest BCUT2D eigenvalue weighted by molar-refractivity contribution is 6.38. The molecule has 0 aliphatic heterocycles. The lowest BCUT2D eigenvalue weighted by molar-refractivity contribution is 0.405. The van der Waals surface area contributed by atoms with Crippen molar-refractivity contribution in [3.8, 4) is 0 Å². The Kier molecular flexibility index (Phi) is 33.1. The summed E-state index contributed by atoms with van der Waals surface area (Å²) < 4.78 is 2.87. The summed E-state index contributed by atoms with van der Waals surface area (Å²) in [6.45, 7) is 11.9. The van der Waals surface area contributed by atoms with E-state index in [0.717, 1.165) is 0 Å². The number of nitrogens with zero attached hydrogens (tertiary/aromatic N) is 1. The second kappa shape index (κ2) is 33.1. The van der Waals surface area contributed by atoms with Crippen molar-refractivity contribution in [1.82, 2.24) is 4.57 Å². The van der Waals surface area contributed by atoms with Gasteiger partial charge in [-0.25, -0.2) is 0 Å². The molecule has 0 radical (unpaired) electrons. The lowest BCUT2D eigenvalue weighted by Gasteiger charge is -2.21. The normalized spacial score (nSPS) is 11.8. The zero-order chi connectivity index (χ0) is 27.8. The summed E-state index contributed by atoms with van der Waals surface area (Å²) in [5, 5.41) is 0. The Labute approximate surface area is 245 Å². The first-order valence-corrected chi connectivity index (χ1v) is 19.5. The van der Waals surface area contributed by atoms with Crippen LogP contribution in [0.15, 0.2) is 11.3 Å². The Morgan fingerprint density at radius 3 is 0.868 bits per heavy atom. The van der Waals surface area contributed by atoms with Crippen LogP contribution in [0.3, 0.4) is 0 Å². The molecule has 0 spiro atoms. The Hall–Kier alpha value is -0.0831. The van der Waals surface area contributed by atoms with Crippen molar-refractivity contribution in [2.24, 2.45) is 0 Å². The Balaban J connectivity index is 3.59. The minimum Gasteiger partial charge on any atom is -0.325 e. The topological polar surface area (TPSA) is 3.24 Å². The molecule has 0 aromatic carbocycles. The smallest absolute Gasteiger partial charge is 0.119 e. The minimum atomic E-state index is -0.177. The molecule has 0 rings (SSSR count). The predicted molar refractivity (Wildman–Crippen MR) is 180 cm³/mol. The molecule has 0 fully saturated rings. The average molecular weight is 550 g/mol. The number of rotatable bonds is 32. The van der Waals surface area contributed by atoms with Gasteiger partial charge in [0.15, 0.2) is 0 Å². The molecule has 228 valence electrons. The molecule has 0 saturated heterocycles. The highest BCUT2D eigenvalue weighted by Crippen LogP contribution is 2.15. The summed E-state index contributed by atoms with van der Waals surface area (Å²) in [6, 6.07) is 0. The van der Waals surface area contributed by atoms with E-state index in [9.17, 15) is 0 Å². The van der Waals surface area contributed by atoms with Gasteiger partial charge in [0.25, 0.3) is 0 Å². The van der Waals surface area contributed by atoms with Crippen molar-refractivity contribution in [3.05, 3.63) is 11.3 Å². The number of unbranched alkanes of at least 4 members (excludes halogenated alkanes) is 26. The van der Waals surface area contributed by atoms with Gasteiger partial charge in [-0.3, -0.25) is 0 Å². The van der Waals surface area contributed by atoms with E-state index in [0.29, 0.717) is 0 Å². The molecule has 0 heterocycles. The zero-order valence-corrected chi connectivity index (χ0v) is 28.9. The van der Waals surface area contributed by atoms with Crippen molar-refractivity contribution >= 4 is 9.68 Å². The molecular weight excluding hydrogens is 474 g/mol. The predicted octanol–water partition coefficient (Wildman–Crippen LogP) is 12.3. The molecule has 0 atom stereocenters. The molecule has 38 heavy (non-hydrogen) atoms. The summed E-state index contributed by atoms with van der Waals surface area (Å²) in [5.41, 5.74) is 4.11. The largest absolute Gasteiger partial charge is 0.325 e. The highest BCUT2D eigenvalue weighted by Gasteiger charge is 2.04. The van der Waals surface area contributed by atoms with E-state index < -0.39 is 0 Å². The fraction of sp³-hybridized carbons (Fsp3) is 0.944. The van der Waals surface area contributed by atoms with Gasteiger partial charge in [-0.1, -0.05) is 192 Å². The van der Waals surface area contributed by atoms with E-state index in [1.54, 1.807) is 0 Å². The SMILES string of the molecule is CCCCCCCCCCCCCCCCN(CCCCCCCCCCCCCCCC)[SiH2]C=C(C)C. The van der Waals surface area contributed by atoms with Crippen LogP contribution in [0.4, 0.5) is 0 Å². The first-order valence-electron chi connectivity index (χ1n) is 18.1. The van der Waals surface area contributed by atoms with E-state index in [-0.39, 0.29) is 9.68 Å². The second-order valence-electron chi connectivity index (χ2n) is 12.8. The van der Waals surface area contributed by atoms with Crippen LogP contribution in [-0.4, -0.2) is 27.3 Å². The fourth-order valence-electron chi connectivity index (χ4n) is 5.67. The Bertz CT molecular complexity index is 424. The fourth-order valence-corrected chi connectivity index (χ4v) is 7.10. The van der Waals surface area contributed by atoms with Crippen molar-refractivity contribution in [2.45, 2.75) is 207 Å². The third-order valence-corrected chi connectivity index (χ3v) is 10.6. The van der Waals surface area contributed by atoms with Crippen molar-refractivity contribution in [3.63, 3.8) is 0 Å². The van der Waals surface area contributed by atoms with Gasteiger partial charge in [0.05, 0.1) is 0 Å². The third-order valence-electron chi connectivity index (χ3n) is 8.41. The molecule has 0 aromatic heterocycles. The summed E-state index contributed by atoms with van der Waals surface area (Å²) in [6.07, 6.45) is 40.9. The van der Waals surface area contributed by atoms with Gasteiger partial charge in [-0.2, -0.15) is 0 Å². The summed E-state index contributed by atoms with van der Waals surface area (Å²) in [7, 11) is -0.177. The monoisotopic (exact) mass is 550 g/mol. The first kappa shape index (κ1) is 37.9. The van der Waals surface area contributed by atoms with Crippen LogP contribution >= 0.6 is 0 Å². The summed E-state index contributed by atoms with van der Waals surface area (Å²) in [4.78, 5) is 0. The lowest BCUT2D eigenvalue weighted by Crippen LogP contribution is -2.29. The molecule has 0 saturated carbocycles. The van der Waals surface area contributed by atoms with Gasteiger partial charge in [0.1, 0.15) is 9.68 Å². The maximum atomic E-state index is 2.87. The van der Waals surface area contributed by atoms with Crippen LogP contribution in [0.25, 0.3) is 0 Å². The van der Waals surface area contributed by atoms with Gasteiger partial charge in [0.2, 0.25) is 0 Å². The van der Waals surface area contributed by atoms with Crippen LogP contribution in [0, 0.1) is 0 Å². The summed E-state index contributed by atoms with van der Waals surface area (Å²) >= 11 is 0. The minimum absolute atomic E-state index is 0.177.